The Labute approximate surface area is 129 Å². The van der Waals surface area contributed by atoms with E-state index in [1.54, 1.807) is 18.4 Å². The molecular formula is C15H23N3O2S. The van der Waals surface area contributed by atoms with E-state index in [1.165, 1.54) is 29.5 Å². The van der Waals surface area contributed by atoms with Gasteiger partial charge in [0.1, 0.15) is 0 Å². The van der Waals surface area contributed by atoms with Crippen LogP contribution in [-0.4, -0.2) is 54.8 Å². The number of carbonyl (C=O) groups is 2. The van der Waals surface area contributed by atoms with Crippen LogP contribution in [0.25, 0.3) is 0 Å². The van der Waals surface area contributed by atoms with E-state index in [0.29, 0.717) is 6.54 Å². The summed E-state index contributed by atoms with van der Waals surface area (Å²) in [5, 5.41) is 5.04. The molecule has 1 aliphatic heterocycles. The Balaban J connectivity index is 1.90. The lowest BCUT2D eigenvalue weighted by Gasteiger charge is -2.27. The molecule has 2 rings (SSSR count). The number of thiophene rings is 1. The van der Waals surface area contributed by atoms with Gasteiger partial charge in [0, 0.05) is 25.4 Å². The average Bonchev–Trinajstić information content (AvgIpc) is 3.11. The standard InChI is InChI=1S/C15H23N3O2S/c1-12(19)17(2)11-15(20)16-10-13(14-6-5-9-21-14)18-7-3-4-8-18/h5-6,9,13H,3-4,7-8,10-11H2,1-2H3,(H,16,20). The van der Waals surface area contributed by atoms with Crippen LogP contribution in [0.3, 0.4) is 0 Å². The summed E-state index contributed by atoms with van der Waals surface area (Å²) < 4.78 is 0. The van der Waals surface area contributed by atoms with Crippen LogP contribution >= 0.6 is 11.3 Å². The van der Waals surface area contributed by atoms with Crippen LogP contribution in [0.4, 0.5) is 0 Å². The Morgan fingerprint density at radius 3 is 2.71 bits per heavy atom. The first-order valence-electron chi connectivity index (χ1n) is 7.34. The highest BCUT2D eigenvalue weighted by atomic mass is 32.1. The number of nitrogens with zero attached hydrogens (tertiary/aromatic N) is 2. The molecule has 0 saturated carbocycles. The maximum atomic E-state index is 11.9. The van der Waals surface area contributed by atoms with Gasteiger partial charge in [-0.25, -0.2) is 0 Å². The summed E-state index contributed by atoms with van der Waals surface area (Å²) in [6.07, 6.45) is 2.45. The molecule has 0 bridgehead atoms. The summed E-state index contributed by atoms with van der Waals surface area (Å²) >= 11 is 1.73. The third kappa shape index (κ3) is 4.54. The van der Waals surface area contributed by atoms with Gasteiger partial charge in [-0.15, -0.1) is 11.3 Å². The molecular weight excluding hydrogens is 286 g/mol. The summed E-state index contributed by atoms with van der Waals surface area (Å²) in [6, 6.07) is 4.43. The molecule has 2 amide bonds. The number of likely N-dealkylation sites (tertiary alicyclic amines) is 1. The minimum absolute atomic E-state index is 0.0977. The van der Waals surface area contributed by atoms with Gasteiger partial charge in [-0.2, -0.15) is 0 Å². The molecule has 0 spiro atoms. The molecule has 21 heavy (non-hydrogen) atoms. The monoisotopic (exact) mass is 309 g/mol. The maximum absolute atomic E-state index is 11.9. The second kappa shape index (κ2) is 7.56. The zero-order valence-corrected chi connectivity index (χ0v) is 13.5. The molecule has 6 heteroatoms. The van der Waals surface area contributed by atoms with Crippen LogP contribution in [0.15, 0.2) is 17.5 Å². The molecule has 1 N–H and O–H groups in total. The lowest BCUT2D eigenvalue weighted by Crippen LogP contribution is -2.41. The second-order valence-electron chi connectivity index (χ2n) is 5.45. The fourth-order valence-electron chi connectivity index (χ4n) is 2.54. The van der Waals surface area contributed by atoms with Crippen LogP contribution in [0.1, 0.15) is 30.7 Å². The summed E-state index contributed by atoms with van der Waals surface area (Å²) in [6.45, 7) is 4.36. The van der Waals surface area contributed by atoms with Gasteiger partial charge >= 0.3 is 0 Å². The van der Waals surface area contributed by atoms with Crippen molar-refractivity contribution in [2.75, 3.05) is 33.2 Å². The molecule has 5 nitrogen and oxygen atoms in total. The van der Waals surface area contributed by atoms with Crippen molar-refractivity contribution in [3.05, 3.63) is 22.4 Å². The maximum Gasteiger partial charge on any atom is 0.239 e. The van der Waals surface area contributed by atoms with E-state index in [1.807, 2.05) is 0 Å². The first-order chi connectivity index (χ1) is 10.1. The van der Waals surface area contributed by atoms with Gasteiger partial charge in [0.15, 0.2) is 0 Å². The minimum Gasteiger partial charge on any atom is -0.353 e. The zero-order chi connectivity index (χ0) is 15.2. The molecule has 1 atom stereocenters. The van der Waals surface area contributed by atoms with Crippen molar-refractivity contribution < 1.29 is 9.59 Å². The van der Waals surface area contributed by atoms with Crippen molar-refractivity contribution in [1.82, 2.24) is 15.1 Å². The minimum atomic E-state index is -0.103. The molecule has 116 valence electrons. The van der Waals surface area contributed by atoms with E-state index in [9.17, 15) is 9.59 Å². The molecule has 0 aromatic carbocycles. The van der Waals surface area contributed by atoms with E-state index < -0.39 is 0 Å². The van der Waals surface area contributed by atoms with Crippen LogP contribution in [0, 0.1) is 0 Å². The third-order valence-corrected chi connectivity index (χ3v) is 4.84. The van der Waals surface area contributed by atoms with Gasteiger partial charge in [0.05, 0.1) is 12.6 Å². The van der Waals surface area contributed by atoms with E-state index in [2.05, 4.69) is 27.7 Å². The molecule has 1 fully saturated rings. The Hall–Kier alpha value is -1.40. The Kier molecular flexibility index (Phi) is 5.76. The van der Waals surface area contributed by atoms with Crippen molar-refractivity contribution in [3.63, 3.8) is 0 Å². The smallest absolute Gasteiger partial charge is 0.239 e. The van der Waals surface area contributed by atoms with Crippen molar-refractivity contribution >= 4 is 23.2 Å². The lowest BCUT2D eigenvalue weighted by atomic mass is 10.2. The van der Waals surface area contributed by atoms with E-state index >= 15 is 0 Å². The molecule has 1 saturated heterocycles. The van der Waals surface area contributed by atoms with Crippen molar-refractivity contribution in [2.45, 2.75) is 25.8 Å². The summed E-state index contributed by atoms with van der Waals surface area (Å²) in [5.74, 6) is -0.201. The molecule has 0 aliphatic carbocycles. The zero-order valence-electron chi connectivity index (χ0n) is 12.7. The fraction of sp³-hybridized carbons (Fsp3) is 0.600. The largest absolute Gasteiger partial charge is 0.353 e. The van der Waals surface area contributed by atoms with E-state index in [-0.39, 0.29) is 24.4 Å². The molecule has 1 aromatic rings. The highest BCUT2D eigenvalue weighted by molar-refractivity contribution is 7.10. The van der Waals surface area contributed by atoms with Crippen LogP contribution in [-0.2, 0) is 9.59 Å². The van der Waals surface area contributed by atoms with Crippen molar-refractivity contribution in [1.29, 1.82) is 0 Å². The summed E-state index contributed by atoms with van der Waals surface area (Å²) in [4.78, 5) is 28.2. The first kappa shape index (κ1) is 16.0. The highest BCUT2D eigenvalue weighted by Gasteiger charge is 2.24. The third-order valence-electron chi connectivity index (χ3n) is 3.86. The number of hydrogen-bond donors (Lipinski definition) is 1. The Morgan fingerprint density at radius 1 is 1.43 bits per heavy atom. The highest BCUT2D eigenvalue weighted by Crippen LogP contribution is 2.27. The fourth-order valence-corrected chi connectivity index (χ4v) is 3.40. The second-order valence-corrected chi connectivity index (χ2v) is 6.43. The number of hydrogen-bond acceptors (Lipinski definition) is 4. The van der Waals surface area contributed by atoms with Gasteiger partial charge in [-0.1, -0.05) is 6.07 Å². The van der Waals surface area contributed by atoms with E-state index in [0.717, 1.165) is 13.1 Å². The van der Waals surface area contributed by atoms with E-state index in [4.69, 9.17) is 0 Å². The average molecular weight is 309 g/mol. The van der Waals surface area contributed by atoms with Crippen LogP contribution < -0.4 is 5.32 Å². The van der Waals surface area contributed by atoms with Crippen LogP contribution in [0.2, 0.25) is 0 Å². The molecule has 0 radical (unpaired) electrons. The quantitative estimate of drug-likeness (QED) is 0.866. The van der Waals surface area contributed by atoms with Crippen LogP contribution in [0.5, 0.6) is 0 Å². The Morgan fingerprint density at radius 2 is 2.14 bits per heavy atom. The van der Waals surface area contributed by atoms with Crippen molar-refractivity contribution in [2.24, 2.45) is 0 Å². The van der Waals surface area contributed by atoms with Crippen molar-refractivity contribution in [3.8, 4) is 0 Å². The molecule has 1 aromatic heterocycles. The number of nitrogens with one attached hydrogen (secondary N) is 1. The number of rotatable bonds is 6. The summed E-state index contributed by atoms with van der Waals surface area (Å²) in [7, 11) is 1.64. The summed E-state index contributed by atoms with van der Waals surface area (Å²) in [5.41, 5.74) is 0. The lowest BCUT2D eigenvalue weighted by molar-refractivity contribution is -0.133. The van der Waals surface area contributed by atoms with Gasteiger partial charge < -0.3 is 10.2 Å². The molecule has 1 aliphatic rings. The van der Waals surface area contributed by atoms with Gasteiger partial charge in [0.2, 0.25) is 11.8 Å². The number of carbonyl (C=O) groups excluding carboxylic acids is 2. The predicted molar refractivity (Wildman–Crippen MR) is 84.2 cm³/mol. The normalized spacial score (nSPS) is 16.7. The Bertz CT molecular complexity index is 469. The van der Waals surface area contributed by atoms with Gasteiger partial charge in [-0.05, 0) is 37.4 Å². The SMILES string of the molecule is CC(=O)N(C)CC(=O)NCC(c1cccs1)N1CCCC1. The molecule has 1 unspecified atom stereocenters. The topological polar surface area (TPSA) is 52.7 Å². The predicted octanol–water partition coefficient (Wildman–Crippen LogP) is 1.48. The first-order valence-corrected chi connectivity index (χ1v) is 8.21. The number of amides is 2. The number of likely N-dealkylation sites (N-methyl/N-ethyl adjacent to an activating group) is 1. The molecule has 2 heterocycles. The van der Waals surface area contributed by atoms with Gasteiger partial charge in [-0.3, -0.25) is 14.5 Å². The van der Waals surface area contributed by atoms with Gasteiger partial charge in [0.25, 0.3) is 0 Å².